The number of ether oxygens (including phenoxy) is 1. The van der Waals surface area contributed by atoms with E-state index in [9.17, 15) is 14.7 Å². The normalized spacial score (nSPS) is 17.4. The lowest BCUT2D eigenvalue weighted by Gasteiger charge is -2.36. The van der Waals surface area contributed by atoms with Crippen molar-refractivity contribution in [1.82, 2.24) is 14.7 Å². The fraction of sp³-hybridized carbons (Fsp3) is 0.591. The van der Waals surface area contributed by atoms with Crippen LogP contribution in [0.4, 0.5) is 5.69 Å². The molecule has 1 aromatic rings. The molecule has 0 spiro atoms. The van der Waals surface area contributed by atoms with Gasteiger partial charge in [0.2, 0.25) is 5.91 Å². The lowest BCUT2D eigenvalue weighted by molar-refractivity contribution is -0.147. The maximum Gasteiger partial charge on any atom is 0.262 e. The Kier molecular flexibility index (Phi) is 7.37. The van der Waals surface area contributed by atoms with Crippen LogP contribution in [0.5, 0.6) is 5.75 Å². The molecule has 1 aliphatic heterocycles. The van der Waals surface area contributed by atoms with Crippen molar-refractivity contribution < 1.29 is 19.4 Å². The van der Waals surface area contributed by atoms with E-state index in [0.717, 1.165) is 36.9 Å². The molecule has 2 amide bonds. The highest BCUT2D eigenvalue weighted by Crippen LogP contribution is 2.29. The van der Waals surface area contributed by atoms with Gasteiger partial charge in [-0.3, -0.25) is 9.59 Å². The van der Waals surface area contributed by atoms with Crippen LogP contribution < -0.4 is 10.5 Å². The third-order valence-electron chi connectivity index (χ3n) is 5.82. The van der Waals surface area contributed by atoms with E-state index in [1.807, 2.05) is 6.07 Å². The second-order valence-corrected chi connectivity index (χ2v) is 8.42. The minimum atomic E-state index is -0.845. The summed E-state index contributed by atoms with van der Waals surface area (Å²) in [5, 5.41) is 10.1. The van der Waals surface area contributed by atoms with Crippen LogP contribution in [0.3, 0.4) is 0 Å². The third kappa shape index (κ3) is 5.66. The Labute approximate surface area is 183 Å². The maximum absolute atomic E-state index is 12.8. The summed E-state index contributed by atoms with van der Waals surface area (Å²) in [6.07, 6.45) is 4.30. The number of hydrogen-bond acceptors (Lipinski definition) is 7. The van der Waals surface area contributed by atoms with Gasteiger partial charge in [0.15, 0.2) is 12.6 Å². The Morgan fingerprint density at radius 1 is 1.26 bits per heavy atom. The highest BCUT2D eigenvalue weighted by atomic mass is 16.5. The van der Waals surface area contributed by atoms with E-state index in [1.165, 1.54) is 11.3 Å². The summed E-state index contributed by atoms with van der Waals surface area (Å²) >= 11 is 0. The summed E-state index contributed by atoms with van der Waals surface area (Å²) in [4.78, 5) is 34.0. The quantitative estimate of drug-likeness (QED) is 0.632. The van der Waals surface area contributed by atoms with E-state index >= 15 is 0 Å². The topological polar surface area (TPSA) is 112 Å². The number of aliphatic imine (C=N–C) groups is 1. The van der Waals surface area contributed by atoms with Crippen LogP contribution in [0.2, 0.25) is 0 Å². The van der Waals surface area contributed by atoms with Crippen molar-refractivity contribution in [2.45, 2.75) is 57.8 Å². The number of hydrogen-bond donors (Lipinski definition) is 2. The van der Waals surface area contributed by atoms with Crippen LogP contribution in [-0.2, 0) is 16.1 Å². The van der Waals surface area contributed by atoms with Crippen molar-refractivity contribution in [3.63, 3.8) is 0 Å². The Morgan fingerprint density at radius 2 is 1.97 bits per heavy atom. The number of guanidine groups is 1. The number of aliphatic hydroxyl groups is 1. The van der Waals surface area contributed by atoms with E-state index in [1.54, 1.807) is 43.0 Å². The number of likely N-dealkylation sites (N-methyl/N-ethyl adjacent to an activating group) is 1. The first kappa shape index (κ1) is 22.9. The first-order chi connectivity index (χ1) is 14.8. The summed E-state index contributed by atoms with van der Waals surface area (Å²) in [5.74, 6) is 0.545. The Bertz CT molecular complexity index is 833. The average molecular weight is 432 g/mol. The van der Waals surface area contributed by atoms with Gasteiger partial charge in [0.1, 0.15) is 18.5 Å². The van der Waals surface area contributed by atoms with Gasteiger partial charge in [-0.15, -0.1) is 0 Å². The van der Waals surface area contributed by atoms with Gasteiger partial charge in [0.25, 0.3) is 5.91 Å². The molecule has 9 heteroatoms. The summed E-state index contributed by atoms with van der Waals surface area (Å²) in [5.41, 5.74) is 7.60. The van der Waals surface area contributed by atoms with Crippen molar-refractivity contribution in [3.05, 3.63) is 23.8 Å². The number of benzene rings is 1. The molecule has 1 heterocycles. The zero-order valence-corrected chi connectivity index (χ0v) is 18.6. The first-order valence-corrected chi connectivity index (χ1v) is 10.8. The predicted octanol–water partition coefficient (Wildman–Crippen LogP) is 1.41. The number of carbonyl (C=O) groups excluding carboxylic acids is 2. The molecule has 1 saturated carbocycles. The summed E-state index contributed by atoms with van der Waals surface area (Å²) < 4.78 is 5.76. The van der Waals surface area contributed by atoms with E-state index in [2.05, 4.69) is 4.99 Å². The Hall–Kier alpha value is -2.81. The second-order valence-electron chi connectivity index (χ2n) is 8.42. The van der Waals surface area contributed by atoms with Crippen LogP contribution in [0, 0.1) is 0 Å². The molecule has 1 fully saturated rings. The summed E-state index contributed by atoms with van der Waals surface area (Å²) in [6, 6.07) is 5.42. The molecule has 31 heavy (non-hydrogen) atoms. The molecule has 1 atom stereocenters. The molecule has 0 saturated heterocycles. The van der Waals surface area contributed by atoms with Gasteiger partial charge in [-0.1, -0.05) is 19.3 Å². The number of fused-ring (bicyclic) bond motifs is 1. The zero-order valence-electron chi connectivity index (χ0n) is 18.6. The van der Waals surface area contributed by atoms with E-state index in [-0.39, 0.29) is 31.0 Å². The van der Waals surface area contributed by atoms with E-state index in [0.29, 0.717) is 18.3 Å². The SMILES string of the molecule is CC(O)N(C(=O)COc1ccc2c(c1)CN(CC(=O)N(C)C)C(N)=N2)C1CCCCC1. The molecule has 170 valence electrons. The van der Waals surface area contributed by atoms with Crippen molar-refractivity contribution in [3.8, 4) is 5.75 Å². The first-order valence-electron chi connectivity index (χ1n) is 10.8. The number of carbonyl (C=O) groups is 2. The van der Waals surface area contributed by atoms with Crippen molar-refractivity contribution in [2.75, 3.05) is 27.2 Å². The molecule has 0 aromatic heterocycles. The van der Waals surface area contributed by atoms with Gasteiger partial charge < -0.3 is 30.3 Å². The third-order valence-corrected chi connectivity index (χ3v) is 5.82. The van der Waals surface area contributed by atoms with Gasteiger partial charge in [-0.25, -0.2) is 4.99 Å². The second kappa shape index (κ2) is 10.00. The average Bonchev–Trinajstić information content (AvgIpc) is 2.73. The van der Waals surface area contributed by atoms with Crippen LogP contribution in [0.15, 0.2) is 23.2 Å². The minimum Gasteiger partial charge on any atom is -0.484 e. The molecule has 1 aromatic carbocycles. The molecule has 0 radical (unpaired) electrons. The Morgan fingerprint density at radius 3 is 2.61 bits per heavy atom. The molecular formula is C22H33N5O4. The monoisotopic (exact) mass is 431 g/mol. The largest absolute Gasteiger partial charge is 0.484 e. The van der Waals surface area contributed by atoms with Gasteiger partial charge in [0.05, 0.1) is 5.69 Å². The van der Waals surface area contributed by atoms with Crippen molar-refractivity contribution in [2.24, 2.45) is 10.7 Å². The van der Waals surface area contributed by atoms with Crippen molar-refractivity contribution >= 4 is 23.5 Å². The Balaban J connectivity index is 1.65. The summed E-state index contributed by atoms with van der Waals surface area (Å²) in [7, 11) is 3.39. The number of amides is 2. The van der Waals surface area contributed by atoms with Gasteiger partial charge in [-0.05, 0) is 38.0 Å². The van der Waals surface area contributed by atoms with E-state index in [4.69, 9.17) is 10.5 Å². The fourth-order valence-electron chi connectivity index (χ4n) is 4.11. The number of aliphatic hydroxyl groups excluding tert-OH is 1. The number of nitrogens with two attached hydrogens (primary N) is 1. The van der Waals surface area contributed by atoms with Gasteiger partial charge in [-0.2, -0.15) is 0 Å². The summed E-state index contributed by atoms with van der Waals surface area (Å²) in [6.45, 7) is 2.04. The molecule has 1 unspecified atom stereocenters. The molecule has 0 bridgehead atoms. The van der Waals surface area contributed by atoms with Crippen LogP contribution in [-0.4, -0.2) is 77.1 Å². The van der Waals surface area contributed by atoms with E-state index < -0.39 is 6.23 Å². The van der Waals surface area contributed by atoms with Crippen LogP contribution in [0.25, 0.3) is 0 Å². The molecular weight excluding hydrogens is 398 g/mol. The minimum absolute atomic E-state index is 0.0634. The maximum atomic E-state index is 12.8. The fourth-order valence-corrected chi connectivity index (χ4v) is 4.11. The lowest BCUT2D eigenvalue weighted by Crippen LogP contribution is -2.48. The van der Waals surface area contributed by atoms with Crippen LogP contribution >= 0.6 is 0 Å². The highest BCUT2D eigenvalue weighted by molar-refractivity contribution is 5.88. The zero-order chi connectivity index (χ0) is 22.5. The van der Waals surface area contributed by atoms with Gasteiger partial charge >= 0.3 is 0 Å². The lowest BCUT2D eigenvalue weighted by atomic mass is 9.94. The van der Waals surface area contributed by atoms with Crippen LogP contribution in [0.1, 0.15) is 44.6 Å². The molecule has 2 aliphatic rings. The molecule has 9 nitrogen and oxygen atoms in total. The molecule has 1 aliphatic carbocycles. The van der Waals surface area contributed by atoms with Crippen molar-refractivity contribution in [1.29, 1.82) is 0 Å². The molecule has 3 rings (SSSR count). The number of nitrogens with zero attached hydrogens (tertiary/aromatic N) is 4. The highest BCUT2D eigenvalue weighted by Gasteiger charge is 2.29. The number of rotatable bonds is 7. The predicted molar refractivity (Wildman–Crippen MR) is 118 cm³/mol. The standard InChI is InChI=1S/C22H33N5O4/c1-15(28)27(17-7-5-4-6-8-17)21(30)14-31-18-9-10-19-16(11-18)12-26(22(23)24-19)13-20(29)25(2)3/h9-11,15,17,28H,4-8,12-14H2,1-3H3,(H2,23,24). The van der Waals surface area contributed by atoms with Gasteiger partial charge in [0, 0.05) is 32.2 Å². The smallest absolute Gasteiger partial charge is 0.262 e. The molecule has 3 N–H and O–H groups in total.